The summed E-state index contributed by atoms with van der Waals surface area (Å²) in [5.41, 5.74) is 1.43. The van der Waals surface area contributed by atoms with Gasteiger partial charge in [-0.2, -0.15) is 0 Å². The lowest BCUT2D eigenvalue weighted by molar-refractivity contribution is -0.297. The van der Waals surface area contributed by atoms with E-state index in [9.17, 15) is 14.7 Å². The van der Waals surface area contributed by atoms with Crippen molar-refractivity contribution >= 4 is 11.8 Å². The van der Waals surface area contributed by atoms with Gasteiger partial charge in [-0.25, -0.2) is 0 Å². The second-order valence-corrected chi connectivity index (χ2v) is 2.89. The van der Waals surface area contributed by atoms with Crippen molar-refractivity contribution in [3.8, 4) is 0 Å². The molecular formula is C11H9O3-. The number of benzene rings is 1. The van der Waals surface area contributed by atoms with Crippen LogP contribution in [0, 0.1) is 6.92 Å². The Morgan fingerprint density at radius 1 is 1.29 bits per heavy atom. The molecule has 0 amide bonds. The van der Waals surface area contributed by atoms with Crippen molar-refractivity contribution < 1.29 is 14.7 Å². The van der Waals surface area contributed by atoms with Crippen LogP contribution in [0.5, 0.6) is 0 Å². The molecule has 3 heteroatoms. The van der Waals surface area contributed by atoms with Gasteiger partial charge in [-0.15, -0.1) is 0 Å². The van der Waals surface area contributed by atoms with Gasteiger partial charge in [-0.3, -0.25) is 4.79 Å². The number of carbonyl (C=O) groups is 2. The highest BCUT2D eigenvalue weighted by Crippen LogP contribution is 2.05. The van der Waals surface area contributed by atoms with Crippen LogP contribution in [-0.2, 0) is 4.79 Å². The van der Waals surface area contributed by atoms with E-state index < -0.39 is 5.97 Å². The van der Waals surface area contributed by atoms with Crippen LogP contribution in [0.25, 0.3) is 0 Å². The topological polar surface area (TPSA) is 57.2 Å². The van der Waals surface area contributed by atoms with Crippen molar-refractivity contribution in [2.45, 2.75) is 6.92 Å². The third-order valence-electron chi connectivity index (χ3n) is 1.67. The van der Waals surface area contributed by atoms with Crippen LogP contribution >= 0.6 is 0 Å². The summed E-state index contributed by atoms with van der Waals surface area (Å²) in [7, 11) is 0. The number of carboxylic acids is 1. The van der Waals surface area contributed by atoms with Gasteiger partial charge in [0.1, 0.15) is 0 Å². The second-order valence-electron chi connectivity index (χ2n) is 2.89. The maximum absolute atomic E-state index is 11.3. The molecule has 0 atom stereocenters. The molecular weight excluding hydrogens is 180 g/mol. The number of hydrogen-bond donors (Lipinski definition) is 0. The van der Waals surface area contributed by atoms with Crippen LogP contribution in [0.4, 0.5) is 0 Å². The van der Waals surface area contributed by atoms with Crippen molar-refractivity contribution in [2.75, 3.05) is 0 Å². The molecule has 0 aliphatic rings. The summed E-state index contributed by atoms with van der Waals surface area (Å²) in [5, 5.41) is 10.1. The molecule has 0 aliphatic heterocycles. The van der Waals surface area contributed by atoms with Crippen LogP contribution in [-0.4, -0.2) is 11.8 Å². The maximum Gasteiger partial charge on any atom is 0.185 e. The number of ketones is 1. The lowest BCUT2D eigenvalue weighted by Crippen LogP contribution is -2.19. The van der Waals surface area contributed by atoms with Crippen molar-refractivity contribution in [3.63, 3.8) is 0 Å². The first-order valence-corrected chi connectivity index (χ1v) is 4.09. The number of rotatable bonds is 3. The second kappa shape index (κ2) is 4.37. The highest BCUT2D eigenvalue weighted by Gasteiger charge is 2.00. The fourth-order valence-corrected chi connectivity index (χ4v) is 1.04. The Morgan fingerprint density at radius 3 is 2.57 bits per heavy atom. The summed E-state index contributed by atoms with van der Waals surface area (Å²) in [5.74, 6) is -1.70. The summed E-state index contributed by atoms with van der Waals surface area (Å²) in [4.78, 5) is 21.4. The summed E-state index contributed by atoms with van der Waals surface area (Å²) < 4.78 is 0. The Balaban J connectivity index is 2.85. The molecule has 3 nitrogen and oxygen atoms in total. The molecule has 1 rings (SSSR count). The van der Waals surface area contributed by atoms with Gasteiger partial charge in [0.15, 0.2) is 5.78 Å². The summed E-state index contributed by atoms with van der Waals surface area (Å²) in [6.45, 7) is 1.86. The molecule has 0 heterocycles. The fraction of sp³-hybridized carbons (Fsp3) is 0.0909. The zero-order valence-corrected chi connectivity index (χ0v) is 7.69. The minimum absolute atomic E-state index is 0.335. The molecule has 0 bridgehead atoms. The smallest absolute Gasteiger partial charge is 0.185 e. The van der Waals surface area contributed by atoms with E-state index in [4.69, 9.17) is 0 Å². The first-order chi connectivity index (χ1) is 6.59. The molecule has 0 saturated carbocycles. The monoisotopic (exact) mass is 189 g/mol. The molecule has 0 unspecified atom stereocenters. The molecule has 0 N–H and O–H groups in total. The van der Waals surface area contributed by atoms with Gasteiger partial charge in [-0.1, -0.05) is 23.8 Å². The Bertz CT molecular complexity index is 391. The number of carbonyl (C=O) groups excluding carboxylic acids is 2. The number of aliphatic carboxylic acids is 1. The molecule has 0 fully saturated rings. The first-order valence-electron chi connectivity index (χ1n) is 4.09. The average molecular weight is 189 g/mol. The van der Waals surface area contributed by atoms with Crippen LogP contribution in [0.1, 0.15) is 15.9 Å². The van der Waals surface area contributed by atoms with Crippen LogP contribution in [0.3, 0.4) is 0 Å². The zero-order valence-electron chi connectivity index (χ0n) is 7.69. The third kappa shape index (κ3) is 2.86. The van der Waals surface area contributed by atoms with Crippen LogP contribution in [0.2, 0.25) is 0 Å². The van der Waals surface area contributed by atoms with Gasteiger partial charge in [0.05, 0.1) is 5.97 Å². The van der Waals surface area contributed by atoms with Crippen molar-refractivity contribution in [3.05, 3.63) is 47.5 Å². The Labute approximate surface area is 81.7 Å². The Morgan fingerprint density at radius 2 is 2.00 bits per heavy atom. The molecule has 0 aromatic heterocycles. The molecule has 14 heavy (non-hydrogen) atoms. The molecule has 0 aliphatic carbocycles. The fourth-order valence-electron chi connectivity index (χ4n) is 1.04. The third-order valence-corrected chi connectivity index (χ3v) is 1.67. The van der Waals surface area contributed by atoms with Gasteiger partial charge in [0, 0.05) is 5.56 Å². The number of carboxylic acid groups (broad SMARTS) is 1. The molecule has 1 aromatic rings. The maximum atomic E-state index is 11.3. The minimum atomic E-state index is -1.37. The van der Waals surface area contributed by atoms with E-state index in [1.807, 2.05) is 13.0 Å². The summed E-state index contributed by atoms with van der Waals surface area (Å²) in [6, 6.07) is 6.94. The molecule has 72 valence electrons. The van der Waals surface area contributed by atoms with E-state index in [2.05, 4.69) is 0 Å². The minimum Gasteiger partial charge on any atom is -0.545 e. The van der Waals surface area contributed by atoms with Gasteiger partial charge >= 0.3 is 0 Å². The van der Waals surface area contributed by atoms with Gasteiger partial charge in [-0.05, 0) is 25.1 Å². The van der Waals surface area contributed by atoms with E-state index in [1.165, 1.54) is 0 Å². The average Bonchev–Trinajstić information content (AvgIpc) is 2.14. The summed E-state index contributed by atoms with van der Waals surface area (Å²) in [6.07, 6.45) is 1.72. The first kappa shape index (κ1) is 10.2. The predicted octanol–water partition coefficient (Wildman–Crippen LogP) is 0.484. The number of allylic oxidation sites excluding steroid dienone is 1. The lowest BCUT2D eigenvalue weighted by atomic mass is 10.1. The van der Waals surface area contributed by atoms with E-state index in [1.54, 1.807) is 18.2 Å². The van der Waals surface area contributed by atoms with Crippen LogP contribution in [0.15, 0.2) is 36.4 Å². The van der Waals surface area contributed by atoms with Crippen molar-refractivity contribution in [2.24, 2.45) is 0 Å². The SMILES string of the molecule is Cc1cccc(C(=O)/C=C/C(=O)[O-])c1. The van der Waals surface area contributed by atoms with Gasteiger partial charge < -0.3 is 9.90 Å². The standard InChI is InChI=1S/C11H10O3/c1-8-3-2-4-9(7-8)10(12)5-6-11(13)14/h2-7H,1H3,(H,13,14)/p-1/b6-5+. The molecule has 1 aromatic carbocycles. The van der Waals surface area contributed by atoms with E-state index in [-0.39, 0.29) is 5.78 Å². The van der Waals surface area contributed by atoms with E-state index in [0.29, 0.717) is 5.56 Å². The molecule has 0 radical (unpaired) electrons. The summed E-state index contributed by atoms with van der Waals surface area (Å²) >= 11 is 0. The van der Waals surface area contributed by atoms with E-state index >= 15 is 0 Å². The normalized spacial score (nSPS) is 10.4. The quantitative estimate of drug-likeness (QED) is 0.513. The zero-order chi connectivity index (χ0) is 10.6. The highest BCUT2D eigenvalue weighted by molar-refractivity contribution is 6.06. The van der Waals surface area contributed by atoms with Crippen molar-refractivity contribution in [1.82, 2.24) is 0 Å². The number of aryl methyl sites for hydroxylation is 1. The van der Waals surface area contributed by atoms with Crippen molar-refractivity contribution in [1.29, 1.82) is 0 Å². The molecule has 0 saturated heterocycles. The van der Waals surface area contributed by atoms with Gasteiger partial charge in [0.2, 0.25) is 0 Å². The predicted molar refractivity (Wildman–Crippen MR) is 49.7 cm³/mol. The number of hydrogen-bond acceptors (Lipinski definition) is 3. The lowest BCUT2D eigenvalue weighted by Gasteiger charge is -1.97. The molecule has 0 spiro atoms. The van der Waals surface area contributed by atoms with E-state index in [0.717, 1.165) is 17.7 Å². The Kier molecular flexibility index (Phi) is 3.18. The van der Waals surface area contributed by atoms with Gasteiger partial charge in [0.25, 0.3) is 0 Å². The Hall–Kier alpha value is -1.90. The largest absolute Gasteiger partial charge is 0.545 e. The highest BCUT2D eigenvalue weighted by atomic mass is 16.4. The van der Waals surface area contributed by atoms with Crippen LogP contribution < -0.4 is 5.11 Å².